The van der Waals surface area contributed by atoms with Crippen LogP contribution < -0.4 is 5.32 Å². The van der Waals surface area contributed by atoms with Crippen LogP contribution in [0.5, 0.6) is 0 Å². The fourth-order valence-corrected chi connectivity index (χ4v) is 4.43. The number of aryl methyl sites for hydroxylation is 1. The van der Waals surface area contributed by atoms with Gasteiger partial charge >= 0.3 is 12.1 Å². The molecule has 2 unspecified atom stereocenters. The van der Waals surface area contributed by atoms with Crippen LogP contribution in [0.1, 0.15) is 51.1 Å². The highest BCUT2D eigenvalue weighted by molar-refractivity contribution is 5.88. The summed E-state index contributed by atoms with van der Waals surface area (Å²) in [5.74, 6) is -1.16. The number of rotatable bonds is 8. The van der Waals surface area contributed by atoms with E-state index in [-0.39, 0.29) is 31.1 Å². The first-order chi connectivity index (χ1) is 16.4. The zero-order valence-corrected chi connectivity index (χ0v) is 18.8. The average Bonchev–Trinajstić information content (AvgIpc) is 3.16. The molecule has 0 aliphatic heterocycles. The van der Waals surface area contributed by atoms with Crippen molar-refractivity contribution in [3.05, 3.63) is 94.5 Å². The maximum absolute atomic E-state index is 12.3. The van der Waals surface area contributed by atoms with Crippen molar-refractivity contribution in [1.29, 1.82) is 0 Å². The Morgan fingerprint density at radius 3 is 2.21 bits per heavy atom. The summed E-state index contributed by atoms with van der Waals surface area (Å²) < 4.78 is 5.47. The SMILES string of the molecule is Cc1ccc(C(=O)O)cc1C(O)C(O)CCNC(=O)OCC1c2ccccc2-c2ccccc21. The number of hydrogen-bond acceptors (Lipinski definition) is 5. The Bertz CT molecular complexity index is 1160. The van der Waals surface area contributed by atoms with E-state index in [1.54, 1.807) is 13.0 Å². The monoisotopic (exact) mass is 461 g/mol. The fourth-order valence-electron chi connectivity index (χ4n) is 4.43. The molecule has 176 valence electrons. The van der Waals surface area contributed by atoms with E-state index in [1.807, 2.05) is 36.4 Å². The summed E-state index contributed by atoms with van der Waals surface area (Å²) in [6, 6.07) is 20.5. The van der Waals surface area contributed by atoms with Crippen molar-refractivity contribution < 1.29 is 29.6 Å². The molecule has 0 radical (unpaired) electrons. The highest BCUT2D eigenvalue weighted by Gasteiger charge is 2.29. The Morgan fingerprint density at radius 2 is 1.59 bits per heavy atom. The van der Waals surface area contributed by atoms with Gasteiger partial charge in [-0.15, -0.1) is 0 Å². The Balaban J connectivity index is 1.30. The summed E-state index contributed by atoms with van der Waals surface area (Å²) in [5, 5.41) is 32.6. The van der Waals surface area contributed by atoms with Gasteiger partial charge in [-0.2, -0.15) is 0 Å². The van der Waals surface area contributed by atoms with Gasteiger partial charge in [0.2, 0.25) is 0 Å². The molecular weight excluding hydrogens is 434 g/mol. The normalized spacial score (nSPS) is 14.1. The molecule has 1 amide bonds. The Morgan fingerprint density at radius 1 is 0.971 bits per heavy atom. The summed E-state index contributed by atoms with van der Waals surface area (Å²) in [7, 11) is 0. The van der Waals surface area contributed by atoms with Crippen LogP contribution in [0.2, 0.25) is 0 Å². The molecule has 0 fully saturated rings. The number of carbonyl (C=O) groups is 2. The van der Waals surface area contributed by atoms with Crippen molar-refractivity contribution in [2.24, 2.45) is 0 Å². The number of nitrogens with one attached hydrogen (secondary N) is 1. The third kappa shape index (κ3) is 4.81. The summed E-state index contributed by atoms with van der Waals surface area (Å²) in [6.45, 7) is 2.00. The number of aromatic carboxylic acids is 1. The Hall–Kier alpha value is -3.68. The zero-order chi connectivity index (χ0) is 24.2. The fraction of sp³-hybridized carbons (Fsp3) is 0.259. The number of alkyl carbamates (subject to hydrolysis) is 1. The summed E-state index contributed by atoms with van der Waals surface area (Å²) >= 11 is 0. The minimum atomic E-state index is -1.27. The molecule has 0 spiro atoms. The van der Waals surface area contributed by atoms with Gasteiger partial charge in [0.1, 0.15) is 12.7 Å². The van der Waals surface area contributed by atoms with Crippen molar-refractivity contribution in [1.82, 2.24) is 5.32 Å². The molecule has 1 aliphatic carbocycles. The van der Waals surface area contributed by atoms with Gasteiger partial charge in [0.05, 0.1) is 11.7 Å². The molecule has 34 heavy (non-hydrogen) atoms. The van der Waals surface area contributed by atoms with Gasteiger partial charge in [-0.05, 0) is 58.9 Å². The molecule has 0 saturated heterocycles. The van der Waals surface area contributed by atoms with E-state index in [1.165, 1.54) is 12.1 Å². The number of fused-ring (bicyclic) bond motifs is 3. The van der Waals surface area contributed by atoms with Crippen LogP contribution in [0.3, 0.4) is 0 Å². The number of carboxylic acid groups (broad SMARTS) is 1. The van der Waals surface area contributed by atoms with Crippen molar-refractivity contribution in [3.63, 3.8) is 0 Å². The molecular formula is C27H27NO6. The first-order valence-corrected chi connectivity index (χ1v) is 11.2. The van der Waals surface area contributed by atoms with Crippen LogP contribution in [0.15, 0.2) is 66.7 Å². The van der Waals surface area contributed by atoms with E-state index in [0.717, 1.165) is 22.3 Å². The molecule has 0 aromatic heterocycles. The summed E-state index contributed by atoms with van der Waals surface area (Å²) in [4.78, 5) is 23.5. The van der Waals surface area contributed by atoms with Gasteiger partial charge in [0, 0.05) is 12.5 Å². The lowest BCUT2D eigenvalue weighted by Gasteiger charge is -2.20. The number of amides is 1. The molecule has 3 aromatic rings. The molecule has 7 nitrogen and oxygen atoms in total. The number of carboxylic acids is 1. The van der Waals surface area contributed by atoms with Crippen LogP contribution in [-0.4, -0.2) is 46.6 Å². The maximum Gasteiger partial charge on any atom is 0.407 e. The quantitative estimate of drug-likeness (QED) is 0.403. The van der Waals surface area contributed by atoms with Gasteiger partial charge < -0.3 is 25.4 Å². The Labute approximate surface area is 197 Å². The van der Waals surface area contributed by atoms with Gasteiger partial charge in [-0.25, -0.2) is 9.59 Å². The minimum Gasteiger partial charge on any atom is -0.478 e. The van der Waals surface area contributed by atoms with E-state index < -0.39 is 24.3 Å². The number of ether oxygens (including phenoxy) is 1. The molecule has 1 aliphatic rings. The maximum atomic E-state index is 12.3. The molecule has 2 atom stereocenters. The standard InChI is InChI=1S/C27H27NO6/c1-16-10-11-17(26(31)32)14-22(16)25(30)24(29)12-13-28-27(33)34-15-23-20-8-4-2-6-18(20)19-7-3-5-9-21(19)23/h2-11,14,23-25,29-30H,12-13,15H2,1H3,(H,28,33)(H,31,32). The summed E-state index contributed by atoms with van der Waals surface area (Å²) in [5.41, 5.74) is 5.57. The first-order valence-electron chi connectivity index (χ1n) is 11.2. The number of carbonyl (C=O) groups excluding carboxylic acids is 1. The van der Waals surface area contributed by atoms with E-state index in [9.17, 15) is 19.8 Å². The molecule has 4 rings (SSSR count). The van der Waals surface area contributed by atoms with E-state index in [2.05, 4.69) is 17.4 Å². The zero-order valence-electron chi connectivity index (χ0n) is 18.8. The number of aliphatic hydroxyl groups is 2. The lowest BCUT2D eigenvalue weighted by Crippen LogP contribution is -2.31. The second kappa shape index (κ2) is 10.1. The third-order valence-electron chi connectivity index (χ3n) is 6.26. The number of benzene rings is 3. The number of hydrogen-bond donors (Lipinski definition) is 4. The minimum absolute atomic E-state index is 0.0311. The van der Waals surface area contributed by atoms with E-state index in [0.29, 0.717) is 11.1 Å². The smallest absolute Gasteiger partial charge is 0.407 e. The van der Waals surface area contributed by atoms with Gasteiger partial charge in [-0.1, -0.05) is 54.6 Å². The molecule has 3 aromatic carbocycles. The second-order valence-electron chi connectivity index (χ2n) is 8.43. The molecule has 0 heterocycles. The van der Waals surface area contributed by atoms with Crippen LogP contribution in [0.4, 0.5) is 4.79 Å². The topological polar surface area (TPSA) is 116 Å². The van der Waals surface area contributed by atoms with E-state index >= 15 is 0 Å². The molecule has 0 saturated carbocycles. The molecule has 4 N–H and O–H groups in total. The van der Waals surface area contributed by atoms with Gasteiger partial charge in [-0.3, -0.25) is 0 Å². The predicted molar refractivity (Wildman–Crippen MR) is 127 cm³/mol. The average molecular weight is 462 g/mol. The number of aliphatic hydroxyl groups excluding tert-OH is 2. The van der Waals surface area contributed by atoms with E-state index in [4.69, 9.17) is 9.84 Å². The predicted octanol–water partition coefficient (Wildman–Crippen LogP) is 4.02. The highest BCUT2D eigenvalue weighted by Crippen LogP contribution is 2.44. The van der Waals surface area contributed by atoms with Crippen LogP contribution in [0.25, 0.3) is 11.1 Å². The van der Waals surface area contributed by atoms with Crippen molar-refractivity contribution in [2.75, 3.05) is 13.2 Å². The van der Waals surface area contributed by atoms with Gasteiger partial charge in [0.15, 0.2) is 0 Å². The van der Waals surface area contributed by atoms with Crippen LogP contribution in [0, 0.1) is 6.92 Å². The third-order valence-corrected chi connectivity index (χ3v) is 6.26. The Kier molecular flexibility index (Phi) is 6.95. The molecule has 7 heteroatoms. The van der Waals surface area contributed by atoms with Crippen LogP contribution >= 0.6 is 0 Å². The summed E-state index contributed by atoms with van der Waals surface area (Å²) in [6.07, 6.45) is -2.99. The lowest BCUT2D eigenvalue weighted by molar-refractivity contribution is 0.0132. The highest BCUT2D eigenvalue weighted by atomic mass is 16.5. The first kappa shape index (κ1) is 23.5. The largest absolute Gasteiger partial charge is 0.478 e. The van der Waals surface area contributed by atoms with Gasteiger partial charge in [0.25, 0.3) is 0 Å². The van der Waals surface area contributed by atoms with Crippen LogP contribution in [-0.2, 0) is 4.74 Å². The lowest BCUT2D eigenvalue weighted by atomic mass is 9.96. The van der Waals surface area contributed by atoms with Crippen molar-refractivity contribution >= 4 is 12.1 Å². The van der Waals surface area contributed by atoms with Crippen molar-refractivity contribution in [2.45, 2.75) is 31.5 Å². The molecule has 0 bridgehead atoms. The second-order valence-corrected chi connectivity index (χ2v) is 8.43. The van der Waals surface area contributed by atoms with Crippen molar-refractivity contribution in [3.8, 4) is 11.1 Å².